The van der Waals surface area contributed by atoms with Crippen LogP contribution in [0.3, 0.4) is 0 Å². The molecule has 26 heavy (non-hydrogen) atoms. The predicted molar refractivity (Wildman–Crippen MR) is 103 cm³/mol. The van der Waals surface area contributed by atoms with E-state index in [-0.39, 0.29) is 17.7 Å². The third-order valence-electron chi connectivity index (χ3n) is 3.85. The molecule has 2 amide bonds. The number of pyridine rings is 1. The number of nitrogens with zero attached hydrogens (tertiary/aromatic N) is 1. The van der Waals surface area contributed by atoms with E-state index in [2.05, 4.69) is 20.9 Å². The normalized spacial score (nSPS) is 13.2. The molecule has 3 N–H and O–H groups in total. The van der Waals surface area contributed by atoms with Crippen LogP contribution in [0.2, 0.25) is 10.0 Å². The van der Waals surface area contributed by atoms with E-state index in [1.54, 1.807) is 30.3 Å². The van der Waals surface area contributed by atoms with Crippen molar-refractivity contribution < 1.29 is 9.59 Å². The van der Waals surface area contributed by atoms with Crippen molar-refractivity contribution in [1.29, 1.82) is 0 Å². The summed E-state index contributed by atoms with van der Waals surface area (Å²) in [5.74, 6) is 0.422. The van der Waals surface area contributed by atoms with Crippen LogP contribution in [0.5, 0.6) is 0 Å². The average Bonchev–Trinajstić information content (AvgIpc) is 3.45. The number of carbonyl (C=O) groups is 2. The van der Waals surface area contributed by atoms with Crippen LogP contribution < -0.4 is 16.0 Å². The minimum Gasteiger partial charge on any atom is -0.367 e. The van der Waals surface area contributed by atoms with E-state index in [4.69, 9.17) is 23.2 Å². The van der Waals surface area contributed by atoms with Gasteiger partial charge >= 0.3 is 0 Å². The molecule has 6 nitrogen and oxygen atoms in total. The Morgan fingerprint density at radius 3 is 2.69 bits per heavy atom. The van der Waals surface area contributed by atoms with Gasteiger partial charge in [-0.15, -0.1) is 0 Å². The highest BCUT2D eigenvalue weighted by molar-refractivity contribution is 6.35. The minimum absolute atomic E-state index is 0.0131. The van der Waals surface area contributed by atoms with Gasteiger partial charge in [0.25, 0.3) is 5.91 Å². The summed E-state index contributed by atoms with van der Waals surface area (Å²) in [6.07, 6.45) is 3.37. The molecule has 0 radical (unpaired) electrons. The lowest BCUT2D eigenvalue weighted by atomic mass is 10.2. The lowest BCUT2D eigenvalue weighted by molar-refractivity contribution is -0.117. The summed E-state index contributed by atoms with van der Waals surface area (Å²) in [5.41, 5.74) is 1.12. The maximum atomic E-state index is 12.2. The van der Waals surface area contributed by atoms with E-state index >= 15 is 0 Å². The third-order valence-corrected chi connectivity index (χ3v) is 4.35. The number of halogens is 2. The van der Waals surface area contributed by atoms with E-state index in [1.807, 2.05) is 0 Å². The van der Waals surface area contributed by atoms with Crippen LogP contribution in [0.1, 0.15) is 23.2 Å². The first-order valence-electron chi connectivity index (χ1n) is 8.27. The fraction of sp³-hybridized carbons (Fsp3) is 0.278. The summed E-state index contributed by atoms with van der Waals surface area (Å²) < 4.78 is 0. The van der Waals surface area contributed by atoms with Crippen molar-refractivity contribution in [1.82, 2.24) is 10.3 Å². The number of anilines is 2. The quantitative estimate of drug-likeness (QED) is 0.628. The molecule has 8 heteroatoms. The molecule has 1 saturated carbocycles. The molecule has 1 aromatic heterocycles. The van der Waals surface area contributed by atoms with Crippen molar-refractivity contribution in [3.8, 4) is 0 Å². The summed E-state index contributed by atoms with van der Waals surface area (Å²) in [6, 6.07) is 8.48. The number of aromatic nitrogens is 1. The first-order chi connectivity index (χ1) is 12.5. The zero-order valence-corrected chi connectivity index (χ0v) is 15.4. The molecule has 0 unspecified atom stereocenters. The Labute approximate surface area is 161 Å². The first-order valence-corrected chi connectivity index (χ1v) is 9.02. The molecule has 0 bridgehead atoms. The fourth-order valence-corrected chi connectivity index (χ4v) is 2.78. The second-order valence-electron chi connectivity index (χ2n) is 6.01. The van der Waals surface area contributed by atoms with E-state index in [0.717, 1.165) is 12.8 Å². The maximum absolute atomic E-state index is 12.2. The van der Waals surface area contributed by atoms with Gasteiger partial charge < -0.3 is 16.0 Å². The number of amides is 2. The summed E-state index contributed by atoms with van der Waals surface area (Å²) >= 11 is 11.8. The molecule has 0 saturated heterocycles. The zero-order valence-electron chi connectivity index (χ0n) is 13.9. The number of carbonyl (C=O) groups excluding carboxylic acids is 2. The molecule has 136 valence electrons. The first kappa shape index (κ1) is 18.5. The molecule has 1 aliphatic rings. The number of hydrogen-bond donors (Lipinski definition) is 3. The summed E-state index contributed by atoms with van der Waals surface area (Å²) in [5, 5.41) is 9.55. The third kappa shape index (κ3) is 5.09. The van der Waals surface area contributed by atoms with Crippen molar-refractivity contribution >= 4 is 46.5 Å². The van der Waals surface area contributed by atoms with Crippen molar-refractivity contribution in [3.63, 3.8) is 0 Å². The Hall–Kier alpha value is -2.31. The molecule has 1 fully saturated rings. The Kier molecular flexibility index (Phi) is 5.96. The highest BCUT2D eigenvalue weighted by Gasteiger charge is 2.29. The topological polar surface area (TPSA) is 83.1 Å². The number of rotatable bonds is 7. The lowest BCUT2D eigenvalue weighted by Gasteiger charge is -2.10. The second kappa shape index (κ2) is 8.38. The number of benzene rings is 1. The van der Waals surface area contributed by atoms with Crippen molar-refractivity contribution in [3.05, 3.63) is 52.1 Å². The zero-order chi connectivity index (χ0) is 18.5. The van der Waals surface area contributed by atoms with Crippen LogP contribution >= 0.6 is 23.2 Å². The Morgan fingerprint density at radius 2 is 1.96 bits per heavy atom. The minimum atomic E-state index is -0.218. The van der Waals surface area contributed by atoms with Crippen LogP contribution in [-0.4, -0.2) is 29.9 Å². The van der Waals surface area contributed by atoms with Crippen LogP contribution in [0.25, 0.3) is 0 Å². The highest BCUT2D eigenvalue weighted by Crippen LogP contribution is 2.30. The number of nitrogens with one attached hydrogen (secondary N) is 3. The van der Waals surface area contributed by atoms with Crippen molar-refractivity contribution in [2.24, 2.45) is 5.92 Å². The van der Waals surface area contributed by atoms with Gasteiger partial charge in [-0.05, 0) is 37.1 Å². The molecule has 1 aliphatic carbocycles. The van der Waals surface area contributed by atoms with Crippen LogP contribution in [0.4, 0.5) is 11.5 Å². The number of hydrogen-bond acceptors (Lipinski definition) is 4. The standard InChI is InChI=1S/C18H18Cl2N4O2/c19-13-9-15(20)16(23-10-13)21-6-7-22-17(25)12-2-1-3-14(8-12)24-18(26)11-4-5-11/h1-3,8-11H,4-7H2,(H,21,23)(H,22,25)(H,24,26). The van der Waals surface area contributed by atoms with Gasteiger partial charge in [0.05, 0.1) is 10.0 Å². The maximum Gasteiger partial charge on any atom is 0.251 e. The van der Waals surface area contributed by atoms with E-state index in [1.165, 1.54) is 6.20 Å². The second-order valence-corrected chi connectivity index (χ2v) is 6.85. The summed E-state index contributed by atoms with van der Waals surface area (Å²) in [4.78, 5) is 28.1. The van der Waals surface area contributed by atoms with E-state index < -0.39 is 0 Å². The average molecular weight is 393 g/mol. The smallest absolute Gasteiger partial charge is 0.251 e. The molecule has 1 heterocycles. The van der Waals surface area contributed by atoms with Gasteiger partial charge in [0.2, 0.25) is 5.91 Å². The van der Waals surface area contributed by atoms with Crippen LogP contribution in [0, 0.1) is 5.92 Å². The van der Waals surface area contributed by atoms with Gasteiger partial charge in [-0.1, -0.05) is 29.3 Å². The van der Waals surface area contributed by atoms with Crippen LogP contribution in [0.15, 0.2) is 36.5 Å². The largest absolute Gasteiger partial charge is 0.367 e. The monoisotopic (exact) mass is 392 g/mol. The predicted octanol–water partition coefficient (Wildman–Crippen LogP) is 3.58. The van der Waals surface area contributed by atoms with Gasteiger partial charge in [0.15, 0.2) is 0 Å². The fourth-order valence-electron chi connectivity index (χ4n) is 2.33. The molecule has 2 aromatic rings. The van der Waals surface area contributed by atoms with E-state index in [0.29, 0.717) is 40.2 Å². The van der Waals surface area contributed by atoms with Gasteiger partial charge in [-0.25, -0.2) is 4.98 Å². The Balaban J connectivity index is 1.47. The molecular formula is C18H18Cl2N4O2. The van der Waals surface area contributed by atoms with Gasteiger partial charge in [-0.3, -0.25) is 9.59 Å². The molecule has 3 rings (SSSR count). The van der Waals surface area contributed by atoms with Gasteiger partial charge in [0.1, 0.15) is 5.82 Å². The lowest BCUT2D eigenvalue weighted by Crippen LogP contribution is -2.29. The molecule has 0 atom stereocenters. The molecule has 0 aliphatic heterocycles. The molecule has 0 spiro atoms. The highest BCUT2D eigenvalue weighted by atomic mass is 35.5. The van der Waals surface area contributed by atoms with Crippen LogP contribution in [-0.2, 0) is 4.79 Å². The molecular weight excluding hydrogens is 375 g/mol. The van der Waals surface area contributed by atoms with Gasteiger partial charge in [0, 0.05) is 36.5 Å². The molecule has 1 aromatic carbocycles. The Morgan fingerprint density at radius 1 is 1.15 bits per heavy atom. The van der Waals surface area contributed by atoms with Crippen molar-refractivity contribution in [2.75, 3.05) is 23.7 Å². The summed E-state index contributed by atoms with van der Waals surface area (Å²) in [6.45, 7) is 0.844. The summed E-state index contributed by atoms with van der Waals surface area (Å²) in [7, 11) is 0. The SMILES string of the molecule is O=C(NCCNc1ncc(Cl)cc1Cl)c1cccc(NC(=O)C2CC2)c1. The van der Waals surface area contributed by atoms with Crippen molar-refractivity contribution in [2.45, 2.75) is 12.8 Å². The van der Waals surface area contributed by atoms with Gasteiger partial charge in [-0.2, -0.15) is 0 Å². The van der Waals surface area contributed by atoms with E-state index in [9.17, 15) is 9.59 Å². The Bertz CT molecular complexity index is 825.